The summed E-state index contributed by atoms with van der Waals surface area (Å²) in [7, 11) is 4.32. The van der Waals surface area contributed by atoms with Crippen LogP contribution in [0.15, 0.2) is 51.2 Å². The number of carbonyl (C=O) groups is 2. The summed E-state index contributed by atoms with van der Waals surface area (Å²) in [5.74, 6) is 0.371. The van der Waals surface area contributed by atoms with Crippen LogP contribution in [0.4, 0.5) is 10.5 Å². The average Bonchev–Trinajstić information content (AvgIpc) is 3.00. The van der Waals surface area contributed by atoms with Crippen molar-refractivity contribution in [2.24, 2.45) is 5.73 Å². The van der Waals surface area contributed by atoms with Crippen molar-refractivity contribution in [1.82, 2.24) is 0 Å². The van der Waals surface area contributed by atoms with Crippen molar-refractivity contribution in [2.75, 3.05) is 26.6 Å². The highest BCUT2D eigenvalue weighted by molar-refractivity contribution is 6.06. The molecule has 1 fully saturated rings. The second-order valence-corrected chi connectivity index (χ2v) is 11.6. The first kappa shape index (κ1) is 34.3. The number of amides is 2. The third kappa shape index (κ3) is 6.96. The van der Waals surface area contributed by atoms with Crippen molar-refractivity contribution >= 4 is 28.7 Å². The van der Waals surface area contributed by atoms with Gasteiger partial charge in [0.05, 0.1) is 25.2 Å². The zero-order chi connectivity index (χ0) is 33.9. The van der Waals surface area contributed by atoms with Crippen LogP contribution in [-0.2, 0) is 20.6 Å². The van der Waals surface area contributed by atoms with Gasteiger partial charge < -0.3 is 49.0 Å². The van der Waals surface area contributed by atoms with Crippen LogP contribution >= 0.6 is 0 Å². The predicted octanol–water partition coefficient (Wildman–Crippen LogP) is 4.23. The van der Waals surface area contributed by atoms with Gasteiger partial charge in [0.25, 0.3) is 5.91 Å². The van der Waals surface area contributed by atoms with E-state index in [2.05, 4.69) is 5.32 Å². The number of rotatable bonds is 10. The van der Waals surface area contributed by atoms with E-state index >= 15 is 0 Å². The molecule has 1 saturated heterocycles. The van der Waals surface area contributed by atoms with Crippen LogP contribution in [-0.4, -0.2) is 68.6 Å². The quantitative estimate of drug-likeness (QED) is 0.213. The van der Waals surface area contributed by atoms with E-state index in [1.807, 2.05) is 19.9 Å². The van der Waals surface area contributed by atoms with Crippen LogP contribution in [0.1, 0.15) is 49.2 Å². The van der Waals surface area contributed by atoms with E-state index in [-0.39, 0.29) is 22.8 Å². The fourth-order valence-corrected chi connectivity index (χ4v) is 5.45. The molecule has 0 aliphatic carbocycles. The third-order valence-corrected chi connectivity index (χ3v) is 7.71. The first-order chi connectivity index (χ1) is 21.7. The lowest BCUT2D eigenvalue weighted by atomic mass is 9.89. The lowest BCUT2D eigenvalue weighted by molar-refractivity contribution is -0.304. The highest BCUT2D eigenvalue weighted by atomic mass is 16.7. The van der Waals surface area contributed by atoms with E-state index in [1.165, 1.54) is 14.2 Å². The largest absolute Gasteiger partial charge is 0.496 e. The molecule has 46 heavy (non-hydrogen) atoms. The summed E-state index contributed by atoms with van der Waals surface area (Å²) in [5.41, 5.74) is 5.85. The molecule has 0 bridgehead atoms. The number of hydrogen-bond donors (Lipinski definition) is 3. The Bertz CT molecular complexity index is 1710. The van der Waals surface area contributed by atoms with Crippen LogP contribution < -0.4 is 30.9 Å². The van der Waals surface area contributed by atoms with E-state index in [1.54, 1.807) is 58.2 Å². The van der Waals surface area contributed by atoms with Gasteiger partial charge in [-0.3, -0.25) is 4.79 Å². The highest BCUT2D eigenvalue weighted by Gasteiger charge is 2.53. The number of methoxy groups -OCH3 is 3. The number of anilines is 1. The molecule has 248 valence electrons. The number of carbonyl (C=O) groups excluding carboxylic acids is 2. The van der Waals surface area contributed by atoms with Crippen molar-refractivity contribution in [3.63, 3.8) is 0 Å². The van der Waals surface area contributed by atoms with Crippen molar-refractivity contribution in [1.29, 1.82) is 0 Å². The van der Waals surface area contributed by atoms with E-state index < -0.39 is 47.8 Å². The van der Waals surface area contributed by atoms with E-state index in [9.17, 15) is 19.5 Å². The molecule has 2 aromatic carbocycles. The van der Waals surface area contributed by atoms with Gasteiger partial charge >= 0.3 is 11.7 Å². The molecule has 2 heterocycles. The molecule has 0 spiro atoms. The maximum atomic E-state index is 13.3. The monoisotopic (exact) mass is 640 g/mol. The van der Waals surface area contributed by atoms with E-state index in [4.69, 9.17) is 38.6 Å². The number of nitrogens with two attached hydrogens (primary N) is 1. The molecule has 1 aromatic heterocycles. The Labute approximate surface area is 266 Å². The number of aliphatic hydroxyl groups excluding tert-OH is 1. The Hall–Kier alpha value is -4.59. The van der Waals surface area contributed by atoms with Gasteiger partial charge in [-0.1, -0.05) is 11.6 Å². The number of benzene rings is 2. The van der Waals surface area contributed by atoms with Crippen LogP contribution in [0.2, 0.25) is 0 Å². The summed E-state index contributed by atoms with van der Waals surface area (Å²) in [6, 6.07) is 8.14. The zero-order valence-corrected chi connectivity index (χ0v) is 27.1. The molecular formula is C33H40N2O11. The van der Waals surface area contributed by atoms with Gasteiger partial charge in [0.1, 0.15) is 23.2 Å². The summed E-state index contributed by atoms with van der Waals surface area (Å²) in [5, 5.41) is 14.0. The van der Waals surface area contributed by atoms with Crippen LogP contribution in [0, 0.1) is 6.92 Å². The second-order valence-electron chi connectivity index (χ2n) is 11.6. The van der Waals surface area contributed by atoms with Crippen LogP contribution in [0.25, 0.3) is 11.0 Å². The summed E-state index contributed by atoms with van der Waals surface area (Å²) in [6.45, 7) is 8.96. The molecular weight excluding hydrogens is 600 g/mol. The number of nitrogens with one attached hydrogen (secondary N) is 1. The topological polar surface area (TPSA) is 178 Å². The van der Waals surface area contributed by atoms with Gasteiger partial charge in [-0.25, -0.2) is 9.59 Å². The molecule has 4 N–H and O–H groups in total. The third-order valence-electron chi connectivity index (χ3n) is 7.71. The smallest absolute Gasteiger partial charge is 0.404 e. The number of aliphatic hydroxyl groups is 1. The number of ether oxygens (including phenoxy) is 6. The van der Waals surface area contributed by atoms with Crippen molar-refractivity contribution in [3.05, 3.63) is 69.1 Å². The molecule has 2 amide bonds. The summed E-state index contributed by atoms with van der Waals surface area (Å²) in [6.07, 6.45) is -3.38. The van der Waals surface area contributed by atoms with Gasteiger partial charge in [0, 0.05) is 18.2 Å². The lowest BCUT2D eigenvalue weighted by Crippen LogP contribution is -2.65. The SMILES string of the molecule is COc1ccc(C(=O)Nc2c(OC)c3ccc(O[C@@H]4OC(C)(C)[C@H](OC)[C@@H](OC(N)=O)[C@H]4O)c(C)c3oc2=O)cc1CC=C(C)C. The number of fused-ring (bicyclic) bond motifs is 1. The minimum absolute atomic E-state index is 0.0838. The van der Waals surface area contributed by atoms with Crippen LogP contribution in [0.5, 0.6) is 17.2 Å². The molecule has 13 nitrogen and oxygen atoms in total. The molecule has 0 saturated carbocycles. The van der Waals surface area contributed by atoms with Gasteiger partial charge in [0.2, 0.25) is 6.29 Å². The Morgan fingerprint density at radius 2 is 1.78 bits per heavy atom. The first-order valence-electron chi connectivity index (χ1n) is 14.5. The molecule has 0 unspecified atom stereocenters. The molecule has 1 aliphatic rings. The van der Waals surface area contributed by atoms with Gasteiger partial charge in [-0.15, -0.1) is 0 Å². The molecule has 0 radical (unpaired) electrons. The van der Waals surface area contributed by atoms with Crippen molar-refractivity contribution < 1.29 is 47.5 Å². The standard InChI is InChI=1S/C33H40N2O11/c1-16(2)9-10-18-15-19(11-13-22(18)40-6)29(37)35-23-26(41-7)20-12-14-21(17(3)25(20)44-30(23)38)43-31-24(36)27(45-32(34)39)28(42-8)33(4,5)46-31/h9,11-15,24,27-28,31,36H,10H2,1-8H3,(H2,34,39)(H,35,37)/t24-,27+,28-,31-/m1/s1. The predicted molar refractivity (Wildman–Crippen MR) is 169 cm³/mol. The highest BCUT2D eigenvalue weighted by Crippen LogP contribution is 2.39. The van der Waals surface area contributed by atoms with Gasteiger partial charge in [-0.2, -0.15) is 0 Å². The average molecular weight is 641 g/mol. The number of hydrogen-bond acceptors (Lipinski definition) is 11. The number of allylic oxidation sites excluding steroid dienone is 2. The number of aryl methyl sites for hydroxylation is 1. The molecule has 13 heteroatoms. The van der Waals surface area contributed by atoms with Crippen LogP contribution in [0.3, 0.4) is 0 Å². The molecule has 4 atom stereocenters. The summed E-state index contributed by atoms with van der Waals surface area (Å²) >= 11 is 0. The molecule has 1 aliphatic heterocycles. The minimum atomic E-state index is -1.49. The maximum absolute atomic E-state index is 13.3. The Kier molecular flexibility index (Phi) is 10.3. The fourth-order valence-electron chi connectivity index (χ4n) is 5.45. The van der Waals surface area contributed by atoms with Crippen molar-refractivity contribution in [3.8, 4) is 17.2 Å². The summed E-state index contributed by atoms with van der Waals surface area (Å²) < 4.78 is 39.3. The molecule has 3 aromatic rings. The summed E-state index contributed by atoms with van der Waals surface area (Å²) in [4.78, 5) is 38.1. The number of primary amides is 1. The Morgan fingerprint density at radius 3 is 2.39 bits per heavy atom. The normalized spacial score (nSPS) is 20.5. The Balaban J connectivity index is 1.67. The Morgan fingerprint density at radius 1 is 1.09 bits per heavy atom. The zero-order valence-electron chi connectivity index (χ0n) is 27.1. The van der Waals surface area contributed by atoms with E-state index in [0.29, 0.717) is 28.7 Å². The minimum Gasteiger partial charge on any atom is -0.496 e. The maximum Gasteiger partial charge on any atom is 0.404 e. The van der Waals surface area contributed by atoms with Gasteiger partial charge in [-0.05, 0) is 76.9 Å². The molecule has 4 rings (SSSR count). The van der Waals surface area contributed by atoms with Gasteiger partial charge in [0.15, 0.2) is 23.6 Å². The second kappa shape index (κ2) is 13.8. The lowest BCUT2D eigenvalue weighted by Gasteiger charge is -2.47. The van der Waals surface area contributed by atoms with Crippen molar-refractivity contribution in [2.45, 2.75) is 71.2 Å². The van der Waals surface area contributed by atoms with E-state index in [0.717, 1.165) is 11.1 Å². The first-order valence-corrected chi connectivity index (χ1v) is 14.5. The fraction of sp³-hybridized carbons (Fsp3) is 0.424.